The third-order valence-corrected chi connectivity index (χ3v) is 4.21. The standard InChI is InChI=1S/C19H15N5O2/c1-2-8-20-14(3-1)10-21-18-6-7-19-22-11-15(24(19)23-18)13-4-5-16-17(9-13)26-12-25-16/h1-9,11H,10,12H2,(H,21,23). The Labute approximate surface area is 149 Å². The minimum Gasteiger partial charge on any atom is -0.454 e. The van der Waals surface area contributed by atoms with Crippen LogP contribution in [0.1, 0.15) is 5.69 Å². The molecule has 0 unspecified atom stereocenters. The first-order valence-electron chi connectivity index (χ1n) is 8.25. The van der Waals surface area contributed by atoms with Crippen molar-refractivity contribution >= 4 is 11.5 Å². The zero-order valence-corrected chi connectivity index (χ0v) is 13.8. The summed E-state index contributed by atoms with van der Waals surface area (Å²) in [5.41, 5.74) is 3.59. The quantitative estimate of drug-likeness (QED) is 0.613. The van der Waals surface area contributed by atoms with Gasteiger partial charge in [-0.1, -0.05) is 6.07 Å². The van der Waals surface area contributed by atoms with Crippen molar-refractivity contribution in [1.82, 2.24) is 19.6 Å². The number of aromatic nitrogens is 4. The van der Waals surface area contributed by atoms with Crippen LogP contribution in [-0.4, -0.2) is 26.4 Å². The van der Waals surface area contributed by atoms with Crippen molar-refractivity contribution < 1.29 is 9.47 Å². The van der Waals surface area contributed by atoms with Gasteiger partial charge in [-0.3, -0.25) is 4.98 Å². The molecule has 1 aromatic carbocycles. The SMILES string of the molecule is c1ccc(CNc2ccc3ncc(-c4ccc5c(c4)OCO5)n3n2)nc1. The van der Waals surface area contributed by atoms with Crippen LogP contribution < -0.4 is 14.8 Å². The molecule has 0 saturated carbocycles. The van der Waals surface area contributed by atoms with E-state index in [4.69, 9.17) is 9.47 Å². The van der Waals surface area contributed by atoms with Gasteiger partial charge in [-0.05, 0) is 42.5 Å². The molecular formula is C19H15N5O2. The zero-order valence-electron chi connectivity index (χ0n) is 13.8. The highest BCUT2D eigenvalue weighted by atomic mass is 16.7. The van der Waals surface area contributed by atoms with Crippen molar-refractivity contribution in [3.8, 4) is 22.8 Å². The molecule has 0 spiro atoms. The number of benzene rings is 1. The summed E-state index contributed by atoms with van der Waals surface area (Å²) in [6, 6.07) is 15.5. The molecule has 0 saturated heterocycles. The van der Waals surface area contributed by atoms with Crippen LogP contribution >= 0.6 is 0 Å². The Morgan fingerprint density at radius 3 is 2.88 bits per heavy atom. The van der Waals surface area contributed by atoms with Gasteiger partial charge in [0, 0.05) is 11.8 Å². The van der Waals surface area contributed by atoms with Crippen LogP contribution in [0.4, 0.5) is 5.82 Å². The third kappa shape index (κ3) is 2.59. The van der Waals surface area contributed by atoms with Crippen LogP contribution in [-0.2, 0) is 6.54 Å². The molecule has 4 heterocycles. The van der Waals surface area contributed by atoms with E-state index in [1.165, 1.54) is 0 Å². The Morgan fingerprint density at radius 1 is 1.00 bits per heavy atom. The summed E-state index contributed by atoms with van der Waals surface area (Å²) in [6.07, 6.45) is 3.59. The van der Waals surface area contributed by atoms with Gasteiger partial charge in [-0.15, -0.1) is 5.10 Å². The molecule has 0 fully saturated rings. The number of imidazole rings is 1. The highest BCUT2D eigenvalue weighted by Gasteiger charge is 2.16. The monoisotopic (exact) mass is 345 g/mol. The van der Waals surface area contributed by atoms with Gasteiger partial charge in [-0.25, -0.2) is 9.50 Å². The van der Waals surface area contributed by atoms with Gasteiger partial charge in [0.1, 0.15) is 5.82 Å². The topological polar surface area (TPSA) is 73.6 Å². The Hall–Kier alpha value is -3.61. The molecule has 7 heteroatoms. The molecular weight excluding hydrogens is 330 g/mol. The molecule has 0 atom stereocenters. The lowest BCUT2D eigenvalue weighted by atomic mass is 10.1. The van der Waals surface area contributed by atoms with E-state index in [1.54, 1.807) is 6.20 Å². The molecule has 3 aromatic heterocycles. The lowest BCUT2D eigenvalue weighted by Gasteiger charge is -2.07. The molecule has 7 nitrogen and oxygen atoms in total. The maximum atomic E-state index is 5.47. The average Bonchev–Trinajstić information content (AvgIpc) is 3.33. The van der Waals surface area contributed by atoms with Gasteiger partial charge in [0.25, 0.3) is 0 Å². The summed E-state index contributed by atoms with van der Waals surface area (Å²) in [6.45, 7) is 0.860. The minimum absolute atomic E-state index is 0.256. The lowest BCUT2D eigenvalue weighted by molar-refractivity contribution is 0.174. The summed E-state index contributed by atoms with van der Waals surface area (Å²) in [7, 11) is 0. The number of hydrogen-bond acceptors (Lipinski definition) is 6. The lowest BCUT2D eigenvalue weighted by Crippen LogP contribution is -2.05. The van der Waals surface area contributed by atoms with E-state index in [0.717, 1.165) is 39.9 Å². The van der Waals surface area contributed by atoms with E-state index in [2.05, 4.69) is 20.4 Å². The van der Waals surface area contributed by atoms with Crippen LogP contribution in [0, 0.1) is 0 Å². The summed E-state index contributed by atoms with van der Waals surface area (Å²) in [5.74, 6) is 2.25. The molecule has 0 aliphatic carbocycles. The fraction of sp³-hybridized carbons (Fsp3) is 0.105. The Bertz CT molecular complexity index is 1080. The summed E-state index contributed by atoms with van der Waals surface area (Å²) in [4.78, 5) is 8.75. The largest absolute Gasteiger partial charge is 0.454 e. The second-order valence-electron chi connectivity index (χ2n) is 5.87. The Kier molecular flexibility index (Phi) is 3.41. The highest BCUT2D eigenvalue weighted by Crippen LogP contribution is 2.35. The first-order chi connectivity index (χ1) is 12.9. The van der Waals surface area contributed by atoms with E-state index in [0.29, 0.717) is 6.54 Å². The average molecular weight is 345 g/mol. The Balaban J connectivity index is 1.47. The normalized spacial score (nSPS) is 12.5. The molecule has 0 amide bonds. The molecule has 128 valence electrons. The maximum Gasteiger partial charge on any atom is 0.231 e. The molecule has 0 bridgehead atoms. The van der Waals surface area contributed by atoms with Crippen molar-refractivity contribution in [3.63, 3.8) is 0 Å². The molecule has 1 aliphatic rings. The predicted octanol–water partition coefficient (Wildman–Crippen LogP) is 3.13. The van der Waals surface area contributed by atoms with Crippen molar-refractivity contribution in [2.24, 2.45) is 0 Å². The molecule has 1 N–H and O–H groups in total. The van der Waals surface area contributed by atoms with Crippen molar-refractivity contribution in [2.45, 2.75) is 6.54 Å². The minimum atomic E-state index is 0.256. The van der Waals surface area contributed by atoms with Gasteiger partial charge in [0.05, 0.1) is 24.1 Å². The molecule has 26 heavy (non-hydrogen) atoms. The van der Waals surface area contributed by atoms with Gasteiger partial charge < -0.3 is 14.8 Å². The smallest absolute Gasteiger partial charge is 0.231 e. The summed E-state index contributed by atoms with van der Waals surface area (Å²) < 4.78 is 12.7. The van der Waals surface area contributed by atoms with Gasteiger partial charge in [-0.2, -0.15) is 0 Å². The van der Waals surface area contributed by atoms with Gasteiger partial charge in [0.15, 0.2) is 17.1 Å². The zero-order chi connectivity index (χ0) is 17.3. The highest BCUT2D eigenvalue weighted by molar-refractivity contribution is 5.67. The van der Waals surface area contributed by atoms with Crippen LogP contribution in [0.2, 0.25) is 0 Å². The number of nitrogens with zero attached hydrogens (tertiary/aromatic N) is 4. The van der Waals surface area contributed by atoms with Crippen LogP contribution in [0.25, 0.3) is 16.9 Å². The predicted molar refractivity (Wildman–Crippen MR) is 96.1 cm³/mol. The van der Waals surface area contributed by atoms with Crippen LogP contribution in [0.3, 0.4) is 0 Å². The van der Waals surface area contributed by atoms with Crippen LogP contribution in [0.15, 0.2) is 60.9 Å². The Morgan fingerprint density at radius 2 is 1.96 bits per heavy atom. The van der Waals surface area contributed by atoms with Crippen molar-refractivity contribution in [1.29, 1.82) is 0 Å². The number of pyridine rings is 1. The van der Waals surface area contributed by atoms with Gasteiger partial charge in [0.2, 0.25) is 6.79 Å². The fourth-order valence-corrected chi connectivity index (χ4v) is 2.90. The summed E-state index contributed by atoms with van der Waals surface area (Å²) in [5, 5.41) is 7.96. The van der Waals surface area contributed by atoms with Crippen molar-refractivity contribution in [2.75, 3.05) is 12.1 Å². The summed E-state index contributed by atoms with van der Waals surface area (Å²) >= 11 is 0. The van der Waals surface area contributed by atoms with Gasteiger partial charge >= 0.3 is 0 Å². The number of fused-ring (bicyclic) bond motifs is 2. The number of hydrogen-bond donors (Lipinski definition) is 1. The second kappa shape index (κ2) is 6.03. The van der Waals surface area contributed by atoms with E-state index in [1.807, 2.05) is 59.2 Å². The maximum absolute atomic E-state index is 5.47. The van der Waals surface area contributed by atoms with E-state index in [9.17, 15) is 0 Å². The number of rotatable bonds is 4. The number of anilines is 1. The van der Waals surface area contributed by atoms with E-state index < -0.39 is 0 Å². The molecule has 1 aliphatic heterocycles. The third-order valence-electron chi connectivity index (χ3n) is 4.21. The second-order valence-corrected chi connectivity index (χ2v) is 5.87. The first-order valence-corrected chi connectivity index (χ1v) is 8.25. The number of nitrogens with one attached hydrogen (secondary N) is 1. The van der Waals surface area contributed by atoms with E-state index in [-0.39, 0.29) is 6.79 Å². The fourth-order valence-electron chi connectivity index (χ4n) is 2.90. The van der Waals surface area contributed by atoms with Crippen LogP contribution in [0.5, 0.6) is 11.5 Å². The molecule has 0 radical (unpaired) electrons. The number of ether oxygens (including phenoxy) is 2. The molecule has 5 rings (SSSR count). The van der Waals surface area contributed by atoms with E-state index >= 15 is 0 Å². The first kappa shape index (κ1) is 14.7. The molecule has 4 aromatic rings. The van der Waals surface area contributed by atoms with Crippen molar-refractivity contribution in [3.05, 3.63) is 66.6 Å².